The van der Waals surface area contributed by atoms with Crippen molar-refractivity contribution < 1.29 is 14.3 Å². The van der Waals surface area contributed by atoms with Crippen LogP contribution in [0, 0.1) is 11.2 Å². The van der Waals surface area contributed by atoms with Gasteiger partial charge >= 0.3 is 0 Å². The van der Waals surface area contributed by atoms with Gasteiger partial charge < -0.3 is 10.8 Å². The Labute approximate surface area is 94.1 Å². The number of aliphatic hydroxyl groups is 1. The monoisotopic (exact) mass is 225 g/mol. The number of carbonyl (C=O) groups is 1. The normalized spacial score (nSPS) is 11.5. The van der Waals surface area contributed by atoms with Gasteiger partial charge in [0, 0.05) is 11.0 Å². The molecule has 1 aromatic carbocycles. The van der Waals surface area contributed by atoms with Crippen molar-refractivity contribution in [3.05, 3.63) is 35.1 Å². The molecule has 0 fully saturated rings. The number of nitrogens with two attached hydrogens (primary N) is 1. The summed E-state index contributed by atoms with van der Waals surface area (Å²) < 4.78 is 13.4. The third-order valence-corrected chi connectivity index (χ3v) is 2.67. The maximum absolute atomic E-state index is 13.4. The SMILES string of the molecule is CC(C)(Cc1cccc(F)c1CO)C(N)=O. The first-order chi connectivity index (χ1) is 7.38. The van der Waals surface area contributed by atoms with Crippen molar-refractivity contribution in [1.82, 2.24) is 0 Å². The summed E-state index contributed by atoms with van der Waals surface area (Å²) in [5.41, 5.74) is 5.35. The van der Waals surface area contributed by atoms with Crippen molar-refractivity contribution in [2.24, 2.45) is 11.1 Å². The first-order valence-corrected chi connectivity index (χ1v) is 5.05. The van der Waals surface area contributed by atoms with Crippen molar-refractivity contribution in [3.8, 4) is 0 Å². The van der Waals surface area contributed by atoms with Gasteiger partial charge in [0.2, 0.25) is 5.91 Å². The highest BCUT2D eigenvalue weighted by atomic mass is 19.1. The van der Waals surface area contributed by atoms with E-state index in [9.17, 15) is 9.18 Å². The Kier molecular flexibility index (Phi) is 3.65. The lowest BCUT2D eigenvalue weighted by Gasteiger charge is -2.21. The summed E-state index contributed by atoms with van der Waals surface area (Å²) in [6.45, 7) is 3.01. The Hall–Kier alpha value is -1.42. The lowest BCUT2D eigenvalue weighted by atomic mass is 9.83. The van der Waals surface area contributed by atoms with Gasteiger partial charge in [0.15, 0.2) is 0 Å². The van der Waals surface area contributed by atoms with E-state index in [1.165, 1.54) is 6.07 Å². The maximum atomic E-state index is 13.4. The molecule has 0 atom stereocenters. The number of benzene rings is 1. The molecule has 0 saturated carbocycles. The summed E-state index contributed by atoms with van der Waals surface area (Å²) in [6, 6.07) is 4.53. The zero-order valence-electron chi connectivity index (χ0n) is 9.46. The van der Waals surface area contributed by atoms with Gasteiger partial charge in [-0.2, -0.15) is 0 Å². The van der Waals surface area contributed by atoms with E-state index in [2.05, 4.69) is 0 Å². The highest BCUT2D eigenvalue weighted by Gasteiger charge is 2.26. The van der Waals surface area contributed by atoms with E-state index in [1.807, 2.05) is 0 Å². The smallest absolute Gasteiger partial charge is 0.223 e. The fourth-order valence-electron chi connectivity index (χ4n) is 1.51. The molecule has 16 heavy (non-hydrogen) atoms. The van der Waals surface area contributed by atoms with Crippen LogP contribution in [-0.2, 0) is 17.8 Å². The van der Waals surface area contributed by atoms with Crippen molar-refractivity contribution >= 4 is 5.91 Å². The standard InChI is InChI=1S/C12H16FNO2/c1-12(2,11(14)16)6-8-4-3-5-10(13)9(8)7-15/h3-5,15H,6-7H2,1-2H3,(H2,14,16). The average molecular weight is 225 g/mol. The molecule has 0 saturated heterocycles. The van der Waals surface area contributed by atoms with Crippen molar-refractivity contribution in [3.63, 3.8) is 0 Å². The molecule has 0 heterocycles. The molecule has 3 N–H and O–H groups in total. The van der Waals surface area contributed by atoms with Crippen molar-refractivity contribution in [2.45, 2.75) is 26.9 Å². The van der Waals surface area contributed by atoms with Gasteiger partial charge in [-0.25, -0.2) is 4.39 Å². The number of hydrogen-bond acceptors (Lipinski definition) is 2. The first kappa shape index (κ1) is 12.6. The molecule has 4 heteroatoms. The highest BCUT2D eigenvalue weighted by molar-refractivity contribution is 5.80. The molecule has 0 spiro atoms. The van der Waals surface area contributed by atoms with Crippen LogP contribution < -0.4 is 5.73 Å². The van der Waals surface area contributed by atoms with Crippen LogP contribution in [-0.4, -0.2) is 11.0 Å². The summed E-state index contributed by atoms with van der Waals surface area (Å²) in [5, 5.41) is 9.08. The number of carbonyl (C=O) groups excluding carboxylic acids is 1. The molecule has 0 aromatic heterocycles. The summed E-state index contributed by atoms with van der Waals surface area (Å²) in [5.74, 6) is -0.902. The number of amides is 1. The molecule has 1 rings (SSSR count). The first-order valence-electron chi connectivity index (χ1n) is 5.05. The highest BCUT2D eigenvalue weighted by Crippen LogP contribution is 2.24. The molecule has 0 unspecified atom stereocenters. The molecule has 0 aliphatic carbocycles. The van der Waals surface area contributed by atoms with Crippen molar-refractivity contribution in [1.29, 1.82) is 0 Å². The fraction of sp³-hybridized carbons (Fsp3) is 0.417. The van der Waals surface area contributed by atoms with E-state index >= 15 is 0 Å². The van der Waals surface area contributed by atoms with E-state index in [0.29, 0.717) is 12.0 Å². The average Bonchev–Trinajstić information content (AvgIpc) is 2.17. The molecule has 0 aliphatic rings. The van der Waals surface area contributed by atoms with Gasteiger partial charge in [-0.3, -0.25) is 4.79 Å². The minimum absolute atomic E-state index is 0.233. The summed E-state index contributed by atoms with van der Waals surface area (Å²) in [7, 11) is 0. The Balaban J connectivity index is 3.06. The molecule has 3 nitrogen and oxygen atoms in total. The third-order valence-electron chi connectivity index (χ3n) is 2.67. The van der Waals surface area contributed by atoms with Crippen LogP contribution in [0.15, 0.2) is 18.2 Å². The number of rotatable bonds is 4. The fourth-order valence-corrected chi connectivity index (χ4v) is 1.51. The second-order valence-electron chi connectivity index (χ2n) is 4.46. The van der Waals surface area contributed by atoms with Crippen LogP contribution in [0.5, 0.6) is 0 Å². The predicted octanol–water partition coefficient (Wildman–Crippen LogP) is 1.37. The quantitative estimate of drug-likeness (QED) is 0.813. The Morgan fingerprint density at radius 3 is 2.62 bits per heavy atom. The summed E-state index contributed by atoms with van der Waals surface area (Å²) in [6.07, 6.45) is 0.315. The van der Waals surface area contributed by atoms with Gasteiger partial charge in [-0.05, 0) is 18.1 Å². The number of primary amides is 1. The zero-order chi connectivity index (χ0) is 12.3. The van der Waals surface area contributed by atoms with Crippen LogP contribution in [0.25, 0.3) is 0 Å². The minimum Gasteiger partial charge on any atom is -0.392 e. The molecule has 0 aliphatic heterocycles. The number of hydrogen-bond donors (Lipinski definition) is 2. The summed E-state index contributed by atoms with van der Waals surface area (Å²) >= 11 is 0. The van der Waals surface area contributed by atoms with Gasteiger partial charge in [0.1, 0.15) is 5.82 Å². The van der Waals surface area contributed by atoms with E-state index < -0.39 is 17.1 Å². The molecule has 0 bridgehead atoms. The van der Waals surface area contributed by atoms with Crippen LogP contribution >= 0.6 is 0 Å². The van der Waals surface area contributed by atoms with Gasteiger partial charge in [0.05, 0.1) is 6.61 Å². The molecular weight excluding hydrogens is 209 g/mol. The maximum Gasteiger partial charge on any atom is 0.223 e. The van der Waals surface area contributed by atoms with Crippen LogP contribution in [0.4, 0.5) is 4.39 Å². The minimum atomic E-state index is -0.752. The van der Waals surface area contributed by atoms with E-state index in [1.54, 1.807) is 26.0 Å². The second-order valence-corrected chi connectivity index (χ2v) is 4.46. The molecule has 88 valence electrons. The van der Waals surface area contributed by atoms with Gasteiger partial charge in [-0.15, -0.1) is 0 Å². The predicted molar refractivity (Wildman–Crippen MR) is 59.0 cm³/mol. The van der Waals surface area contributed by atoms with Crippen molar-refractivity contribution in [2.75, 3.05) is 0 Å². The molecular formula is C12H16FNO2. The topological polar surface area (TPSA) is 63.3 Å². The molecule has 0 radical (unpaired) electrons. The Bertz CT molecular complexity index is 402. The zero-order valence-corrected chi connectivity index (χ0v) is 9.46. The van der Waals surface area contributed by atoms with E-state index in [0.717, 1.165) is 0 Å². The van der Waals surface area contributed by atoms with Gasteiger partial charge in [0.25, 0.3) is 0 Å². The Morgan fingerprint density at radius 2 is 2.12 bits per heavy atom. The van der Waals surface area contributed by atoms with E-state index in [-0.39, 0.29) is 12.2 Å². The Morgan fingerprint density at radius 1 is 1.50 bits per heavy atom. The van der Waals surface area contributed by atoms with Crippen LogP contribution in [0.2, 0.25) is 0 Å². The van der Waals surface area contributed by atoms with Crippen LogP contribution in [0.1, 0.15) is 25.0 Å². The lowest BCUT2D eigenvalue weighted by Crippen LogP contribution is -2.33. The lowest BCUT2D eigenvalue weighted by molar-refractivity contribution is -0.125. The van der Waals surface area contributed by atoms with Gasteiger partial charge in [-0.1, -0.05) is 26.0 Å². The number of aliphatic hydroxyl groups excluding tert-OH is 1. The largest absolute Gasteiger partial charge is 0.392 e. The molecule has 1 aromatic rings. The molecule has 1 amide bonds. The van der Waals surface area contributed by atoms with E-state index in [4.69, 9.17) is 10.8 Å². The van der Waals surface area contributed by atoms with Crippen LogP contribution in [0.3, 0.4) is 0 Å². The summed E-state index contributed by atoms with van der Waals surface area (Å²) in [4.78, 5) is 11.2. The second kappa shape index (κ2) is 4.61. The number of halogens is 1. The third kappa shape index (κ3) is 2.58.